The minimum atomic E-state index is -3.39. The SMILES string of the molecule is COc1ccc2c(c1)Oc1ccccc1N=C2N1CCN(S(=O)(=O)Cc2ccccc2)CC1. The van der Waals surface area contributed by atoms with Crippen LogP contribution in [0.5, 0.6) is 17.2 Å². The molecule has 8 heteroatoms. The van der Waals surface area contributed by atoms with Gasteiger partial charge in [-0.1, -0.05) is 42.5 Å². The first-order chi connectivity index (χ1) is 16.0. The van der Waals surface area contributed by atoms with Crippen molar-refractivity contribution in [3.63, 3.8) is 0 Å². The van der Waals surface area contributed by atoms with Gasteiger partial charge in [0.15, 0.2) is 5.75 Å². The largest absolute Gasteiger partial charge is 0.497 e. The third-order valence-electron chi connectivity index (χ3n) is 5.86. The third kappa shape index (κ3) is 4.44. The first kappa shape index (κ1) is 21.5. The van der Waals surface area contributed by atoms with E-state index in [2.05, 4.69) is 4.90 Å². The van der Waals surface area contributed by atoms with Gasteiger partial charge < -0.3 is 14.4 Å². The molecular weight excluding hydrogens is 438 g/mol. The minimum Gasteiger partial charge on any atom is -0.497 e. The van der Waals surface area contributed by atoms with Crippen molar-refractivity contribution in [2.24, 2.45) is 4.99 Å². The minimum absolute atomic E-state index is 0.0125. The van der Waals surface area contributed by atoms with Crippen LogP contribution >= 0.6 is 0 Å². The van der Waals surface area contributed by atoms with Gasteiger partial charge in [0.2, 0.25) is 10.0 Å². The van der Waals surface area contributed by atoms with Crippen LogP contribution in [0.15, 0.2) is 77.8 Å². The molecule has 0 spiro atoms. The number of hydrogen-bond acceptors (Lipinski definition) is 6. The number of ether oxygens (including phenoxy) is 2. The van der Waals surface area contributed by atoms with Crippen molar-refractivity contribution < 1.29 is 17.9 Å². The van der Waals surface area contributed by atoms with Crippen LogP contribution in [0.2, 0.25) is 0 Å². The Bertz CT molecular complexity index is 1280. The number of rotatable bonds is 4. The predicted molar refractivity (Wildman–Crippen MR) is 128 cm³/mol. The van der Waals surface area contributed by atoms with Gasteiger partial charge in [0.25, 0.3) is 0 Å². The average Bonchev–Trinajstić information content (AvgIpc) is 3.00. The van der Waals surface area contributed by atoms with Crippen LogP contribution in [-0.2, 0) is 15.8 Å². The molecule has 2 aliphatic rings. The van der Waals surface area contributed by atoms with Gasteiger partial charge in [0, 0.05) is 32.2 Å². The zero-order valence-electron chi connectivity index (χ0n) is 18.3. The van der Waals surface area contributed by atoms with E-state index in [1.54, 1.807) is 11.4 Å². The summed E-state index contributed by atoms with van der Waals surface area (Å²) in [7, 11) is -1.77. The van der Waals surface area contributed by atoms with Crippen molar-refractivity contribution >= 4 is 21.5 Å². The molecule has 3 aromatic carbocycles. The molecule has 1 fully saturated rings. The fourth-order valence-corrected chi connectivity index (χ4v) is 5.64. The number of sulfonamides is 1. The van der Waals surface area contributed by atoms with Crippen LogP contribution in [0, 0.1) is 0 Å². The summed E-state index contributed by atoms with van der Waals surface area (Å²) in [5.74, 6) is 2.82. The molecule has 170 valence electrons. The Hall–Kier alpha value is -3.36. The molecular formula is C25H25N3O4S. The summed E-state index contributed by atoms with van der Waals surface area (Å²) in [4.78, 5) is 7.05. The van der Waals surface area contributed by atoms with E-state index in [0.717, 1.165) is 22.6 Å². The fraction of sp³-hybridized carbons (Fsp3) is 0.240. The second kappa shape index (κ2) is 8.88. The van der Waals surface area contributed by atoms with Crippen LogP contribution in [0.25, 0.3) is 0 Å². The van der Waals surface area contributed by atoms with E-state index >= 15 is 0 Å². The molecule has 0 N–H and O–H groups in total. The fourth-order valence-electron chi connectivity index (χ4n) is 4.12. The number of fused-ring (bicyclic) bond motifs is 2. The van der Waals surface area contributed by atoms with Crippen molar-refractivity contribution in [3.05, 3.63) is 83.9 Å². The number of hydrogen-bond donors (Lipinski definition) is 0. The monoisotopic (exact) mass is 463 g/mol. The van der Waals surface area contributed by atoms with Crippen LogP contribution < -0.4 is 9.47 Å². The lowest BCUT2D eigenvalue weighted by molar-refractivity contribution is 0.266. The van der Waals surface area contributed by atoms with E-state index in [4.69, 9.17) is 14.5 Å². The predicted octanol–water partition coefficient (Wildman–Crippen LogP) is 4.03. The smallest absolute Gasteiger partial charge is 0.218 e. The third-order valence-corrected chi connectivity index (χ3v) is 7.71. The number of benzene rings is 3. The molecule has 2 aliphatic heterocycles. The zero-order chi connectivity index (χ0) is 22.8. The first-order valence-corrected chi connectivity index (χ1v) is 12.4. The number of amidine groups is 1. The molecule has 3 aromatic rings. The van der Waals surface area contributed by atoms with Gasteiger partial charge in [-0.05, 0) is 29.8 Å². The van der Waals surface area contributed by atoms with Crippen molar-refractivity contribution in [2.45, 2.75) is 5.75 Å². The lowest BCUT2D eigenvalue weighted by Crippen LogP contribution is -2.51. The molecule has 1 saturated heterocycles. The first-order valence-electron chi connectivity index (χ1n) is 10.8. The summed E-state index contributed by atoms with van der Waals surface area (Å²) in [6.45, 7) is 1.89. The molecule has 0 aromatic heterocycles. The Morgan fingerprint density at radius 2 is 1.64 bits per heavy atom. The molecule has 5 rings (SSSR count). The zero-order valence-corrected chi connectivity index (χ0v) is 19.2. The van der Waals surface area contributed by atoms with Gasteiger partial charge >= 0.3 is 0 Å². The van der Waals surface area contributed by atoms with E-state index in [-0.39, 0.29) is 5.75 Å². The van der Waals surface area contributed by atoms with E-state index < -0.39 is 10.0 Å². The van der Waals surface area contributed by atoms with Crippen molar-refractivity contribution in [2.75, 3.05) is 33.3 Å². The molecule has 0 saturated carbocycles. The van der Waals surface area contributed by atoms with Crippen LogP contribution in [0.4, 0.5) is 5.69 Å². The maximum atomic E-state index is 13.0. The Morgan fingerprint density at radius 3 is 2.39 bits per heavy atom. The molecule has 0 bridgehead atoms. The van der Waals surface area contributed by atoms with Crippen LogP contribution in [0.1, 0.15) is 11.1 Å². The van der Waals surface area contributed by atoms with E-state index in [0.29, 0.717) is 43.4 Å². The number of aliphatic imine (C=N–C) groups is 1. The Kier molecular flexibility index (Phi) is 5.78. The highest BCUT2D eigenvalue weighted by atomic mass is 32.2. The molecule has 7 nitrogen and oxygen atoms in total. The molecule has 0 unspecified atom stereocenters. The average molecular weight is 464 g/mol. The molecule has 0 aliphatic carbocycles. The number of methoxy groups -OCH3 is 1. The second-order valence-electron chi connectivity index (χ2n) is 8.00. The Morgan fingerprint density at radius 1 is 0.909 bits per heavy atom. The normalized spacial score (nSPS) is 16.2. The summed E-state index contributed by atoms with van der Waals surface area (Å²) in [5.41, 5.74) is 2.39. The maximum absolute atomic E-state index is 13.0. The van der Waals surface area contributed by atoms with Gasteiger partial charge in [-0.2, -0.15) is 4.31 Å². The highest BCUT2D eigenvalue weighted by Gasteiger charge is 2.30. The quantitative estimate of drug-likeness (QED) is 0.584. The van der Waals surface area contributed by atoms with Crippen molar-refractivity contribution in [1.29, 1.82) is 0 Å². The summed E-state index contributed by atoms with van der Waals surface area (Å²) in [6, 6.07) is 22.6. The molecule has 0 radical (unpaired) electrons. The van der Waals surface area contributed by atoms with E-state index in [1.807, 2.05) is 72.8 Å². The van der Waals surface area contributed by atoms with Crippen LogP contribution in [-0.4, -0.2) is 56.7 Å². The maximum Gasteiger partial charge on any atom is 0.218 e. The van der Waals surface area contributed by atoms with Gasteiger partial charge in [-0.25, -0.2) is 13.4 Å². The summed E-state index contributed by atoms with van der Waals surface area (Å²) < 4.78 is 39.1. The lowest BCUT2D eigenvalue weighted by Gasteiger charge is -2.36. The number of piperazine rings is 1. The highest BCUT2D eigenvalue weighted by Crippen LogP contribution is 2.39. The van der Waals surface area contributed by atoms with E-state index in [9.17, 15) is 8.42 Å². The molecule has 33 heavy (non-hydrogen) atoms. The summed E-state index contributed by atoms with van der Waals surface area (Å²) in [6.07, 6.45) is 0. The van der Waals surface area contributed by atoms with Gasteiger partial charge in [0.1, 0.15) is 23.0 Å². The molecule has 0 amide bonds. The molecule has 2 heterocycles. The van der Waals surface area contributed by atoms with Crippen molar-refractivity contribution in [1.82, 2.24) is 9.21 Å². The summed E-state index contributed by atoms with van der Waals surface area (Å²) in [5, 5.41) is 0. The highest BCUT2D eigenvalue weighted by molar-refractivity contribution is 7.88. The van der Waals surface area contributed by atoms with Gasteiger partial charge in [-0.15, -0.1) is 0 Å². The van der Waals surface area contributed by atoms with Crippen molar-refractivity contribution in [3.8, 4) is 17.2 Å². The lowest BCUT2D eigenvalue weighted by atomic mass is 10.1. The standard InChI is InChI=1S/C25H25N3O4S/c1-31-20-11-12-21-24(17-20)32-23-10-6-5-9-22(23)26-25(21)27-13-15-28(16-14-27)33(29,30)18-19-7-3-2-4-8-19/h2-12,17H,13-16,18H2,1H3. The van der Waals surface area contributed by atoms with E-state index in [1.165, 1.54) is 0 Å². The van der Waals surface area contributed by atoms with Crippen LogP contribution in [0.3, 0.4) is 0 Å². The number of para-hydroxylation sites is 2. The Balaban J connectivity index is 1.40. The summed E-state index contributed by atoms with van der Waals surface area (Å²) >= 11 is 0. The second-order valence-corrected chi connectivity index (χ2v) is 9.96. The van der Waals surface area contributed by atoms with Gasteiger partial charge in [-0.3, -0.25) is 0 Å². The molecule has 0 atom stereocenters. The number of nitrogens with zero attached hydrogens (tertiary/aromatic N) is 3. The Labute approximate surface area is 193 Å². The van der Waals surface area contributed by atoms with Gasteiger partial charge in [0.05, 0.1) is 18.4 Å². The topological polar surface area (TPSA) is 71.4 Å².